The van der Waals surface area contributed by atoms with Gasteiger partial charge in [0.2, 0.25) is 5.91 Å². The van der Waals surface area contributed by atoms with Crippen LogP contribution in [0.3, 0.4) is 0 Å². The number of thiophene rings is 1. The lowest BCUT2D eigenvalue weighted by Gasteiger charge is -2.08. The van der Waals surface area contributed by atoms with E-state index in [1.54, 1.807) is 39.7 Å². The van der Waals surface area contributed by atoms with Crippen molar-refractivity contribution >= 4 is 45.9 Å². The number of hydrogen-bond donors (Lipinski definition) is 1. The van der Waals surface area contributed by atoms with Gasteiger partial charge in [-0.1, -0.05) is 23.9 Å². The Bertz CT molecular complexity index is 1230. The second kappa shape index (κ2) is 10.7. The number of anilines is 1. The number of para-hydroxylation sites is 1. The Labute approximate surface area is 205 Å². The summed E-state index contributed by atoms with van der Waals surface area (Å²) in [6.45, 7) is 1.66. The van der Waals surface area contributed by atoms with Crippen LogP contribution in [0, 0.1) is 6.92 Å². The average molecular weight is 504 g/mol. The van der Waals surface area contributed by atoms with Crippen molar-refractivity contribution in [3.05, 3.63) is 40.3 Å². The molecule has 2 heterocycles. The molecule has 0 bridgehead atoms. The third-order valence-electron chi connectivity index (χ3n) is 4.90. The van der Waals surface area contributed by atoms with E-state index in [2.05, 4.69) is 15.5 Å². The number of nitrogens with one attached hydrogen (secondary N) is 1. The number of thioether (sulfide) groups is 1. The first-order chi connectivity index (χ1) is 16.2. The standard InChI is InChI=1S/C22H25N5O5S2/c1-12-16(21(30)32-6)19(34-17(12)20(29)26(2)3)23-15(28)11-33-22-25-24-18(27(22)4)13-9-7-8-10-14(13)31-5/h7-10H,11H2,1-6H3,(H,23,28). The van der Waals surface area contributed by atoms with E-state index in [-0.39, 0.29) is 28.1 Å². The van der Waals surface area contributed by atoms with Crippen molar-refractivity contribution in [3.8, 4) is 17.1 Å². The van der Waals surface area contributed by atoms with E-state index in [4.69, 9.17) is 9.47 Å². The number of rotatable bonds is 8. The molecule has 0 spiro atoms. The molecule has 0 aliphatic heterocycles. The summed E-state index contributed by atoms with van der Waals surface area (Å²) >= 11 is 2.24. The minimum atomic E-state index is -0.621. The fourth-order valence-corrected chi connectivity index (χ4v) is 5.10. The molecule has 0 unspecified atom stereocenters. The van der Waals surface area contributed by atoms with Gasteiger partial charge in [0.15, 0.2) is 11.0 Å². The summed E-state index contributed by atoms with van der Waals surface area (Å²) in [7, 11) is 7.88. The van der Waals surface area contributed by atoms with Gasteiger partial charge in [-0.3, -0.25) is 9.59 Å². The molecule has 12 heteroatoms. The van der Waals surface area contributed by atoms with Crippen molar-refractivity contribution in [3.63, 3.8) is 0 Å². The summed E-state index contributed by atoms with van der Waals surface area (Å²) < 4.78 is 12.0. The van der Waals surface area contributed by atoms with Crippen molar-refractivity contribution in [2.75, 3.05) is 39.4 Å². The van der Waals surface area contributed by atoms with E-state index >= 15 is 0 Å². The minimum Gasteiger partial charge on any atom is -0.496 e. The second-order valence-corrected chi connectivity index (χ2v) is 9.32. The number of nitrogens with zero attached hydrogens (tertiary/aromatic N) is 4. The van der Waals surface area contributed by atoms with Crippen LogP contribution in [0.4, 0.5) is 5.00 Å². The van der Waals surface area contributed by atoms with Gasteiger partial charge in [-0.25, -0.2) is 4.79 Å². The Morgan fingerprint density at radius 2 is 1.88 bits per heavy atom. The first-order valence-corrected chi connectivity index (χ1v) is 11.9. The first-order valence-electron chi connectivity index (χ1n) is 10.1. The summed E-state index contributed by atoms with van der Waals surface area (Å²) in [5.74, 6) is 0.0524. The van der Waals surface area contributed by atoms with E-state index in [0.29, 0.717) is 27.2 Å². The highest BCUT2D eigenvalue weighted by Crippen LogP contribution is 2.35. The molecule has 0 radical (unpaired) electrons. The third-order valence-corrected chi connectivity index (χ3v) is 7.12. The Balaban J connectivity index is 1.77. The summed E-state index contributed by atoms with van der Waals surface area (Å²) in [4.78, 5) is 39.3. The van der Waals surface area contributed by atoms with Crippen molar-refractivity contribution in [1.82, 2.24) is 19.7 Å². The van der Waals surface area contributed by atoms with Crippen LogP contribution in [-0.4, -0.2) is 71.5 Å². The Kier molecular flexibility index (Phi) is 7.94. The molecule has 0 atom stereocenters. The number of methoxy groups -OCH3 is 2. The zero-order chi connectivity index (χ0) is 25.0. The zero-order valence-corrected chi connectivity index (χ0v) is 21.3. The predicted octanol–water partition coefficient (Wildman–Crippen LogP) is 3.08. The second-order valence-electron chi connectivity index (χ2n) is 7.35. The van der Waals surface area contributed by atoms with E-state index in [1.807, 2.05) is 24.3 Å². The summed E-state index contributed by atoms with van der Waals surface area (Å²) in [6.07, 6.45) is 0. The van der Waals surface area contributed by atoms with Crippen LogP contribution in [-0.2, 0) is 16.6 Å². The van der Waals surface area contributed by atoms with Gasteiger partial charge in [-0.05, 0) is 24.6 Å². The maximum Gasteiger partial charge on any atom is 0.341 e. The molecule has 2 amide bonds. The molecule has 180 valence electrons. The van der Waals surface area contributed by atoms with Crippen molar-refractivity contribution in [2.45, 2.75) is 12.1 Å². The fourth-order valence-electron chi connectivity index (χ4n) is 3.15. The minimum absolute atomic E-state index is 0.0203. The average Bonchev–Trinajstić information content (AvgIpc) is 3.35. The maximum atomic E-state index is 12.7. The molecule has 34 heavy (non-hydrogen) atoms. The van der Waals surface area contributed by atoms with Gasteiger partial charge in [0, 0.05) is 21.1 Å². The van der Waals surface area contributed by atoms with Gasteiger partial charge in [0.25, 0.3) is 5.91 Å². The molecule has 2 aromatic heterocycles. The third kappa shape index (κ3) is 5.07. The smallest absolute Gasteiger partial charge is 0.341 e. The van der Waals surface area contributed by atoms with Gasteiger partial charge in [-0.2, -0.15) is 0 Å². The SMILES string of the molecule is COC(=O)c1c(NC(=O)CSc2nnc(-c3ccccc3OC)n2C)sc(C(=O)N(C)C)c1C. The predicted molar refractivity (Wildman–Crippen MR) is 131 cm³/mol. The highest BCUT2D eigenvalue weighted by molar-refractivity contribution is 7.99. The van der Waals surface area contributed by atoms with Crippen LogP contribution >= 0.6 is 23.1 Å². The quantitative estimate of drug-likeness (QED) is 0.368. The number of carbonyl (C=O) groups is 3. The monoisotopic (exact) mass is 503 g/mol. The van der Waals surface area contributed by atoms with Crippen LogP contribution in [0.15, 0.2) is 29.4 Å². The summed E-state index contributed by atoms with van der Waals surface area (Å²) in [6, 6.07) is 7.46. The molecular formula is C22H25N5O5S2. The zero-order valence-electron chi connectivity index (χ0n) is 19.7. The molecule has 10 nitrogen and oxygen atoms in total. The Hall–Kier alpha value is -3.38. The molecule has 0 fully saturated rings. The molecule has 3 rings (SSSR count). The van der Waals surface area contributed by atoms with Gasteiger partial charge in [-0.15, -0.1) is 21.5 Å². The molecule has 0 saturated heterocycles. The van der Waals surface area contributed by atoms with Gasteiger partial charge >= 0.3 is 5.97 Å². The lowest BCUT2D eigenvalue weighted by Crippen LogP contribution is -2.21. The number of benzene rings is 1. The largest absolute Gasteiger partial charge is 0.496 e. The summed E-state index contributed by atoms with van der Waals surface area (Å²) in [5.41, 5.74) is 1.42. The normalized spacial score (nSPS) is 10.6. The van der Waals surface area contributed by atoms with Crippen molar-refractivity contribution in [1.29, 1.82) is 0 Å². The van der Waals surface area contributed by atoms with Crippen molar-refractivity contribution in [2.24, 2.45) is 7.05 Å². The van der Waals surface area contributed by atoms with E-state index < -0.39 is 5.97 Å². The lowest BCUT2D eigenvalue weighted by molar-refractivity contribution is -0.113. The highest BCUT2D eigenvalue weighted by atomic mass is 32.2. The molecule has 3 aromatic rings. The van der Waals surface area contributed by atoms with Gasteiger partial charge in [0.05, 0.1) is 36.0 Å². The summed E-state index contributed by atoms with van der Waals surface area (Å²) in [5, 5.41) is 12.0. The van der Waals surface area contributed by atoms with Crippen LogP contribution in [0.1, 0.15) is 25.6 Å². The van der Waals surface area contributed by atoms with E-state index in [1.165, 1.54) is 23.8 Å². The van der Waals surface area contributed by atoms with Gasteiger partial charge < -0.3 is 24.3 Å². The van der Waals surface area contributed by atoms with Crippen molar-refractivity contribution < 1.29 is 23.9 Å². The molecular weight excluding hydrogens is 478 g/mol. The number of carbonyl (C=O) groups excluding carboxylic acids is 3. The van der Waals surface area contributed by atoms with Crippen LogP contribution in [0.5, 0.6) is 5.75 Å². The first kappa shape index (κ1) is 25.2. The molecule has 0 aliphatic rings. The fraction of sp³-hybridized carbons (Fsp3) is 0.318. The van der Waals surface area contributed by atoms with Crippen LogP contribution in [0.2, 0.25) is 0 Å². The highest BCUT2D eigenvalue weighted by Gasteiger charge is 2.27. The number of amides is 2. The van der Waals surface area contributed by atoms with Crippen LogP contribution < -0.4 is 10.1 Å². The number of ether oxygens (including phenoxy) is 2. The molecule has 0 aliphatic carbocycles. The Morgan fingerprint density at radius 1 is 1.18 bits per heavy atom. The molecule has 1 aromatic carbocycles. The van der Waals surface area contributed by atoms with E-state index in [0.717, 1.165) is 16.9 Å². The number of hydrogen-bond acceptors (Lipinski definition) is 9. The number of esters is 1. The topological polar surface area (TPSA) is 116 Å². The Morgan fingerprint density at radius 3 is 2.53 bits per heavy atom. The van der Waals surface area contributed by atoms with E-state index in [9.17, 15) is 14.4 Å². The number of aromatic nitrogens is 3. The maximum absolute atomic E-state index is 12.7. The van der Waals surface area contributed by atoms with Gasteiger partial charge in [0.1, 0.15) is 10.8 Å². The molecule has 1 N–H and O–H groups in total. The molecule has 0 saturated carbocycles. The van der Waals surface area contributed by atoms with Crippen LogP contribution in [0.25, 0.3) is 11.4 Å². The lowest BCUT2D eigenvalue weighted by atomic mass is 10.1.